The summed E-state index contributed by atoms with van der Waals surface area (Å²) in [6.45, 7) is 0. The Hall–Kier alpha value is -1.05. The molecule has 1 aliphatic rings. The number of hydrogen-bond donors (Lipinski definition) is 0. The van der Waals surface area contributed by atoms with Crippen LogP contribution in [0, 0.1) is 5.92 Å². The Bertz CT molecular complexity index is 568. The summed E-state index contributed by atoms with van der Waals surface area (Å²) in [4.78, 5) is 4.01. The minimum absolute atomic E-state index is 0.0884. The molecule has 2 unspecified atom stereocenters. The normalized spacial score (nSPS) is 21.9. The lowest BCUT2D eigenvalue weighted by Crippen LogP contribution is -2.07. The van der Waals surface area contributed by atoms with Gasteiger partial charge in [-0.3, -0.25) is 4.98 Å². The fourth-order valence-electron chi connectivity index (χ4n) is 2.66. The third kappa shape index (κ3) is 2.13. The largest absolute Gasteiger partial charge is 0.263 e. The Morgan fingerprint density at radius 1 is 1.22 bits per heavy atom. The molecule has 2 aromatic rings. The van der Waals surface area contributed by atoms with Crippen LogP contribution in [0.5, 0.6) is 0 Å². The Kier molecular flexibility index (Phi) is 3.27. The Morgan fingerprint density at radius 2 is 2.06 bits per heavy atom. The highest BCUT2D eigenvalue weighted by Gasteiger charge is 2.30. The summed E-state index contributed by atoms with van der Waals surface area (Å²) >= 11 is 12.7. The number of benzene rings is 1. The maximum absolute atomic E-state index is 6.55. The molecule has 0 spiro atoms. The minimum atomic E-state index is 0.0884. The smallest absolute Gasteiger partial charge is 0.0622 e. The van der Waals surface area contributed by atoms with E-state index >= 15 is 0 Å². The van der Waals surface area contributed by atoms with Crippen LogP contribution in [0.1, 0.15) is 22.1 Å². The van der Waals surface area contributed by atoms with Crippen LogP contribution >= 0.6 is 23.2 Å². The number of aromatic nitrogens is 1. The number of fused-ring (bicyclic) bond motifs is 1. The monoisotopic (exact) mass is 277 g/mol. The molecule has 2 atom stereocenters. The number of halogens is 2. The molecule has 1 nitrogen and oxygen atoms in total. The quantitative estimate of drug-likeness (QED) is 0.740. The second-order valence-corrected chi connectivity index (χ2v) is 5.61. The zero-order chi connectivity index (χ0) is 12.5. The lowest BCUT2D eigenvalue weighted by molar-refractivity contribution is 0.543. The second-order valence-electron chi connectivity index (χ2n) is 4.74. The molecule has 18 heavy (non-hydrogen) atoms. The van der Waals surface area contributed by atoms with E-state index in [-0.39, 0.29) is 5.38 Å². The first-order valence-electron chi connectivity index (χ1n) is 6.06. The minimum Gasteiger partial charge on any atom is -0.263 e. The maximum Gasteiger partial charge on any atom is 0.0622 e. The van der Waals surface area contributed by atoms with Gasteiger partial charge in [-0.05, 0) is 41.5 Å². The van der Waals surface area contributed by atoms with Crippen LogP contribution < -0.4 is 0 Å². The van der Waals surface area contributed by atoms with Gasteiger partial charge in [0.25, 0.3) is 0 Å². The van der Waals surface area contributed by atoms with Crippen LogP contribution in [-0.4, -0.2) is 4.98 Å². The number of pyridine rings is 1. The highest BCUT2D eigenvalue weighted by atomic mass is 35.5. The zero-order valence-corrected chi connectivity index (χ0v) is 11.3. The van der Waals surface area contributed by atoms with Gasteiger partial charge in [0.15, 0.2) is 0 Å². The van der Waals surface area contributed by atoms with Crippen molar-refractivity contribution >= 4 is 23.2 Å². The molecule has 0 N–H and O–H groups in total. The first-order chi connectivity index (χ1) is 8.75. The topological polar surface area (TPSA) is 12.9 Å². The third-order valence-electron chi connectivity index (χ3n) is 3.59. The number of nitrogens with zero attached hydrogens (tertiary/aromatic N) is 1. The standard InChI is InChI=1S/C15H13Cl2N/c16-14-9-18-6-5-11(14)8-12-7-10-3-1-2-4-13(10)15(12)17/h1-6,9,12,15H,7-8H2. The van der Waals surface area contributed by atoms with Gasteiger partial charge in [-0.2, -0.15) is 0 Å². The molecule has 0 aliphatic heterocycles. The molecule has 1 aliphatic carbocycles. The lowest BCUT2D eigenvalue weighted by Gasteiger charge is -2.14. The van der Waals surface area contributed by atoms with Gasteiger partial charge in [0.05, 0.1) is 10.4 Å². The fourth-order valence-corrected chi connectivity index (χ4v) is 3.24. The van der Waals surface area contributed by atoms with Crippen LogP contribution in [0.15, 0.2) is 42.7 Å². The van der Waals surface area contributed by atoms with Crippen LogP contribution in [0.4, 0.5) is 0 Å². The van der Waals surface area contributed by atoms with E-state index in [1.165, 1.54) is 11.1 Å². The first kappa shape index (κ1) is 12.0. The van der Waals surface area contributed by atoms with Crippen molar-refractivity contribution in [3.63, 3.8) is 0 Å². The summed E-state index contributed by atoms with van der Waals surface area (Å²) in [5, 5.41) is 0.822. The molecule has 1 heterocycles. The van der Waals surface area contributed by atoms with Crippen molar-refractivity contribution < 1.29 is 0 Å². The Labute approximate surface area is 117 Å². The molecule has 1 aromatic carbocycles. The summed E-state index contributed by atoms with van der Waals surface area (Å²) in [5.74, 6) is 0.420. The molecule has 0 fully saturated rings. The fraction of sp³-hybridized carbons (Fsp3) is 0.267. The van der Waals surface area contributed by atoms with Crippen LogP contribution in [0.2, 0.25) is 5.02 Å². The predicted octanol–water partition coefficient (Wildman–Crippen LogP) is 4.43. The van der Waals surface area contributed by atoms with E-state index < -0.39 is 0 Å². The summed E-state index contributed by atoms with van der Waals surface area (Å²) in [7, 11) is 0. The van der Waals surface area contributed by atoms with E-state index in [0.717, 1.165) is 23.4 Å². The second kappa shape index (κ2) is 4.91. The van der Waals surface area contributed by atoms with Gasteiger partial charge in [-0.1, -0.05) is 35.9 Å². The maximum atomic E-state index is 6.55. The van der Waals surface area contributed by atoms with Gasteiger partial charge in [0.1, 0.15) is 0 Å². The lowest BCUT2D eigenvalue weighted by atomic mass is 9.97. The molecule has 3 heteroatoms. The van der Waals surface area contributed by atoms with Crippen LogP contribution in [0.25, 0.3) is 0 Å². The Morgan fingerprint density at radius 3 is 2.83 bits per heavy atom. The first-order valence-corrected chi connectivity index (χ1v) is 6.87. The molecule has 0 radical (unpaired) electrons. The molecule has 3 rings (SSSR count). The predicted molar refractivity (Wildman–Crippen MR) is 75.2 cm³/mol. The van der Waals surface area contributed by atoms with Crippen LogP contribution in [0.3, 0.4) is 0 Å². The molecular weight excluding hydrogens is 265 g/mol. The number of alkyl halides is 1. The van der Waals surface area contributed by atoms with Gasteiger partial charge in [0, 0.05) is 12.4 Å². The van der Waals surface area contributed by atoms with E-state index in [0.29, 0.717) is 5.92 Å². The van der Waals surface area contributed by atoms with E-state index in [2.05, 4.69) is 29.2 Å². The molecule has 0 amide bonds. The van der Waals surface area contributed by atoms with E-state index in [4.69, 9.17) is 23.2 Å². The van der Waals surface area contributed by atoms with Gasteiger partial charge < -0.3 is 0 Å². The van der Waals surface area contributed by atoms with Gasteiger partial charge >= 0.3 is 0 Å². The van der Waals surface area contributed by atoms with E-state index in [1.807, 2.05) is 6.07 Å². The van der Waals surface area contributed by atoms with E-state index in [9.17, 15) is 0 Å². The molecule has 92 valence electrons. The third-order valence-corrected chi connectivity index (χ3v) is 4.52. The van der Waals surface area contributed by atoms with Gasteiger partial charge in [0.2, 0.25) is 0 Å². The number of rotatable bonds is 2. The highest BCUT2D eigenvalue weighted by molar-refractivity contribution is 6.31. The van der Waals surface area contributed by atoms with Crippen molar-refractivity contribution in [1.82, 2.24) is 4.98 Å². The molecule has 0 saturated carbocycles. The molecule has 0 bridgehead atoms. The zero-order valence-electron chi connectivity index (χ0n) is 9.81. The summed E-state index contributed by atoms with van der Waals surface area (Å²) in [6.07, 6.45) is 5.42. The highest BCUT2D eigenvalue weighted by Crippen LogP contribution is 2.42. The SMILES string of the molecule is Clc1cnccc1CC1Cc2ccccc2C1Cl. The summed E-state index contributed by atoms with van der Waals surface area (Å²) in [5.41, 5.74) is 3.78. The van der Waals surface area contributed by atoms with Crippen molar-refractivity contribution in [2.75, 3.05) is 0 Å². The van der Waals surface area contributed by atoms with Crippen LogP contribution in [-0.2, 0) is 12.8 Å². The summed E-state index contributed by atoms with van der Waals surface area (Å²) in [6, 6.07) is 10.4. The van der Waals surface area contributed by atoms with Crippen molar-refractivity contribution in [3.8, 4) is 0 Å². The van der Waals surface area contributed by atoms with Gasteiger partial charge in [-0.15, -0.1) is 11.6 Å². The number of hydrogen-bond acceptors (Lipinski definition) is 1. The molecule has 1 aromatic heterocycles. The molecule has 0 saturated heterocycles. The van der Waals surface area contributed by atoms with E-state index in [1.54, 1.807) is 12.4 Å². The van der Waals surface area contributed by atoms with Crippen molar-refractivity contribution in [1.29, 1.82) is 0 Å². The average molecular weight is 278 g/mol. The van der Waals surface area contributed by atoms with Crippen molar-refractivity contribution in [3.05, 3.63) is 64.4 Å². The Balaban J connectivity index is 1.83. The summed E-state index contributed by atoms with van der Waals surface area (Å²) < 4.78 is 0. The van der Waals surface area contributed by atoms with Crippen molar-refractivity contribution in [2.24, 2.45) is 5.92 Å². The molecular formula is C15H13Cl2N. The average Bonchev–Trinajstić information content (AvgIpc) is 2.70. The van der Waals surface area contributed by atoms with Crippen molar-refractivity contribution in [2.45, 2.75) is 18.2 Å². The van der Waals surface area contributed by atoms with Gasteiger partial charge in [-0.25, -0.2) is 0 Å².